The van der Waals surface area contributed by atoms with Gasteiger partial charge in [0.1, 0.15) is 5.75 Å². The van der Waals surface area contributed by atoms with Gasteiger partial charge in [0.2, 0.25) is 5.91 Å². The Hall–Kier alpha value is -1.69. The maximum atomic E-state index is 12.2. The van der Waals surface area contributed by atoms with Gasteiger partial charge in [0.05, 0.1) is 6.10 Å². The molecule has 2 N–H and O–H groups in total. The molecule has 1 fully saturated rings. The van der Waals surface area contributed by atoms with Crippen molar-refractivity contribution in [3.05, 3.63) is 29.8 Å². The average molecular weight is 313 g/mol. The molecule has 0 aromatic heterocycles. The molecule has 1 aromatic carbocycles. The van der Waals surface area contributed by atoms with E-state index >= 15 is 0 Å². The zero-order valence-corrected chi connectivity index (χ0v) is 12.3. The van der Waals surface area contributed by atoms with Crippen molar-refractivity contribution in [3.8, 4) is 5.75 Å². The van der Waals surface area contributed by atoms with E-state index < -0.39 is 12.7 Å². The Morgan fingerprint density at radius 1 is 1.32 bits per heavy atom. The molecule has 0 saturated heterocycles. The van der Waals surface area contributed by atoms with Gasteiger partial charge in [0.25, 0.3) is 0 Å². The number of aliphatic hydroxyl groups is 1. The second-order valence-corrected chi connectivity index (χ2v) is 5.55. The van der Waals surface area contributed by atoms with E-state index in [2.05, 4.69) is 10.1 Å². The molecule has 122 valence electrons. The first kappa shape index (κ1) is 16.7. The van der Waals surface area contributed by atoms with Crippen LogP contribution in [0.15, 0.2) is 24.3 Å². The van der Waals surface area contributed by atoms with E-state index in [4.69, 9.17) is 0 Å². The smallest absolute Gasteiger partial charge is 0.387 e. The minimum atomic E-state index is -2.90. The number of benzene rings is 1. The molecule has 1 aliphatic carbocycles. The van der Waals surface area contributed by atoms with Crippen LogP contribution < -0.4 is 10.1 Å². The number of carbonyl (C=O) groups excluding carboxylic acids is 1. The van der Waals surface area contributed by atoms with Gasteiger partial charge in [-0.3, -0.25) is 4.79 Å². The molecule has 1 aliphatic rings. The Labute approximate surface area is 128 Å². The summed E-state index contributed by atoms with van der Waals surface area (Å²) in [6.45, 7) is -2.84. The highest BCUT2D eigenvalue weighted by molar-refractivity contribution is 5.78. The molecular weight excluding hydrogens is 292 g/mol. The summed E-state index contributed by atoms with van der Waals surface area (Å²) >= 11 is 0. The van der Waals surface area contributed by atoms with Crippen LogP contribution in [0.4, 0.5) is 8.78 Å². The summed E-state index contributed by atoms with van der Waals surface area (Å²) in [5.74, 6) is -0.0293. The molecule has 0 aliphatic heterocycles. The van der Waals surface area contributed by atoms with Crippen LogP contribution in [0.3, 0.4) is 0 Å². The summed E-state index contributed by atoms with van der Waals surface area (Å²) in [7, 11) is 0. The summed E-state index contributed by atoms with van der Waals surface area (Å²) in [5, 5.41) is 12.8. The number of hydrogen-bond donors (Lipinski definition) is 2. The number of carbonyl (C=O) groups is 1. The first-order valence-corrected chi connectivity index (χ1v) is 7.57. The van der Waals surface area contributed by atoms with Crippen LogP contribution in [-0.4, -0.2) is 24.2 Å². The van der Waals surface area contributed by atoms with Crippen LogP contribution >= 0.6 is 0 Å². The monoisotopic (exact) mass is 313 g/mol. The SMILES string of the molecule is O=C(NCC(O)c1cccc(OC(F)F)c1)C1CCCCC1. The van der Waals surface area contributed by atoms with Gasteiger partial charge in [-0.25, -0.2) is 0 Å². The maximum absolute atomic E-state index is 12.2. The molecule has 0 spiro atoms. The highest BCUT2D eigenvalue weighted by Crippen LogP contribution is 2.24. The second-order valence-electron chi connectivity index (χ2n) is 5.55. The number of nitrogens with one attached hydrogen (secondary N) is 1. The van der Waals surface area contributed by atoms with E-state index in [-0.39, 0.29) is 24.1 Å². The minimum Gasteiger partial charge on any atom is -0.435 e. The van der Waals surface area contributed by atoms with E-state index in [0.29, 0.717) is 5.56 Å². The predicted octanol–water partition coefficient (Wildman–Crippen LogP) is 3.02. The van der Waals surface area contributed by atoms with Gasteiger partial charge in [-0.05, 0) is 30.5 Å². The van der Waals surface area contributed by atoms with E-state index in [1.165, 1.54) is 24.6 Å². The van der Waals surface area contributed by atoms with Crippen molar-refractivity contribution in [1.29, 1.82) is 0 Å². The molecule has 1 aromatic rings. The maximum Gasteiger partial charge on any atom is 0.387 e. The standard InChI is InChI=1S/C16H21F2NO3/c17-16(18)22-13-8-4-7-12(9-13)14(20)10-19-15(21)11-5-2-1-3-6-11/h4,7-9,11,14,16,20H,1-3,5-6,10H2,(H,19,21). The molecule has 0 bridgehead atoms. The third kappa shape index (κ3) is 4.94. The van der Waals surface area contributed by atoms with Gasteiger partial charge < -0.3 is 15.2 Å². The van der Waals surface area contributed by atoms with Crippen molar-refractivity contribution in [1.82, 2.24) is 5.32 Å². The largest absolute Gasteiger partial charge is 0.435 e. The molecular formula is C16H21F2NO3. The van der Waals surface area contributed by atoms with Crippen molar-refractivity contribution in [2.45, 2.75) is 44.8 Å². The van der Waals surface area contributed by atoms with Crippen LogP contribution in [0.25, 0.3) is 0 Å². The van der Waals surface area contributed by atoms with Gasteiger partial charge >= 0.3 is 6.61 Å². The Balaban J connectivity index is 1.86. The van der Waals surface area contributed by atoms with Crippen LogP contribution in [-0.2, 0) is 4.79 Å². The molecule has 1 saturated carbocycles. The van der Waals surface area contributed by atoms with Crippen LogP contribution in [0.2, 0.25) is 0 Å². The Morgan fingerprint density at radius 3 is 2.73 bits per heavy atom. The highest BCUT2D eigenvalue weighted by atomic mass is 19.3. The number of hydrogen-bond acceptors (Lipinski definition) is 3. The fourth-order valence-electron chi connectivity index (χ4n) is 2.72. The first-order chi connectivity index (χ1) is 10.6. The molecule has 1 amide bonds. The Bertz CT molecular complexity index is 490. The highest BCUT2D eigenvalue weighted by Gasteiger charge is 2.21. The van der Waals surface area contributed by atoms with Crippen molar-refractivity contribution in [2.75, 3.05) is 6.54 Å². The average Bonchev–Trinajstić information content (AvgIpc) is 2.52. The van der Waals surface area contributed by atoms with Crippen LogP contribution in [0.1, 0.15) is 43.8 Å². The summed E-state index contributed by atoms with van der Waals surface area (Å²) < 4.78 is 28.6. The topological polar surface area (TPSA) is 58.6 Å². The summed E-state index contributed by atoms with van der Waals surface area (Å²) in [6, 6.07) is 5.88. The molecule has 0 heterocycles. The van der Waals surface area contributed by atoms with Crippen molar-refractivity contribution in [3.63, 3.8) is 0 Å². The quantitative estimate of drug-likeness (QED) is 0.849. The Kier molecular flexibility index (Phi) is 6.12. The Morgan fingerprint density at radius 2 is 2.05 bits per heavy atom. The zero-order chi connectivity index (χ0) is 15.9. The molecule has 1 atom stereocenters. The number of alkyl halides is 2. The molecule has 4 nitrogen and oxygen atoms in total. The van der Waals surface area contributed by atoms with Crippen molar-refractivity contribution in [2.24, 2.45) is 5.92 Å². The fourth-order valence-corrected chi connectivity index (χ4v) is 2.72. The van der Waals surface area contributed by atoms with Gasteiger partial charge in [-0.2, -0.15) is 8.78 Å². The second kappa shape index (κ2) is 8.08. The minimum absolute atomic E-state index is 0.00911. The third-order valence-electron chi connectivity index (χ3n) is 3.91. The summed E-state index contributed by atoms with van der Waals surface area (Å²) in [4.78, 5) is 12.0. The van der Waals surface area contributed by atoms with E-state index in [0.717, 1.165) is 25.7 Å². The van der Waals surface area contributed by atoms with E-state index in [1.807, 2.05) is 0 Å². The summed E-state index contributed by atoms with van der Waals surface area (Å²) in [6.07, 6.45) is 4.12. The number of rotatable bonds is 6. The molecule has 22 heavy (non-hydrogen) atoms. The molecule has 1 unspecified atom stereocenters. The van der Waals surface area contributed by atoms with Gasteiger partial charge in [0, 0.05) is 12.5 Å². The number of ether oxygens (including phenoxy) is 1. The molecule has 6 heteroatoms. The van der Waals surface area contributed by atoms with Crippen molar-refractivity contribution < 1.29 is 23.4 Å². The van der Waals surface area contributed by atoms with Gasteiger partial charge in [-0.15, -0.1) is 0 Å². The zero-order valence-electron chi connectivity index (χ0n) is 12.3. The van der Waals surface area contributed by atoms with Crippen LogP contribution in [0.5, 0.6) is 5.75 Å². The number of amides is 1. The molecule has 2 rings (SSSR count). The lowest BCUT2D eigenvalue weighted by molar-refractivity contribution is -0.126. The lowest BCUT2D eigenvalue weighted by Gasteiger charge is -2.21. The van der Waals surface area contributed by atoms with Crippen LogP contribution in [0, 0.1) is 5.92 Å². The number of halogens is 2. The normalized spacial score (nSPS) is 17.3. The third-order valence-corrected chi connectivity index (χ3v) is 3.91. The lowest BCUT2D eigenvalue weighted by Crippen LogP contribution is -2.34. The van der Waals surface area contributed by atoms with Crippen molar-refractivity contribution >= 4 is 5.91 Å². The molecule has 0 radical (unpaired) electrons. The lowest BCUT2D eigenvalue weighted by atomic mass is 9.88. The fraction of sp³-hybridized carbons (Fsp3) is 0.562. The summed E-state index contributed by atoms with van der Waals surface area (Å²) in [5.41, 5.74) is 0.432. The van der Waals surface area contributed by atoms with E-state index in [1.54, 1.807) is 6.07 Å². The van der Waals surface area contributed by atoms with Gasteiger partial charge in [-0.1, -0.05) is 31.4 Å². The predicted molar refractivity (Wildman–Crippen MR) is 77.6 cm³/mol. The van der Waals surface area contributed by atoms with Gasteiger partial charge in [0.15, 0.2) is 0 Å². The first-order valence-electron chi connectivity index (χ1n) is 7.57. The van der Waals surface area contributed by atoms with E-state index in [9.17, 15) is 18.7 Å². The number of aliphatic hydroxyl groups excluding tert-OH is 1.